The Kier molecular flexibility index (Phi) is 9.25. The number of anilines is 1. The maximum absolute atomic E-state index is 13.1. The number of nitrogens with zero attached hydrogens (tertiary/aromatic N) is 1. The van der Waals surface area contributed by atoms with E-state index in [-0.39, 0.29) is 9.92 Å². The summed E-state index contributed by atoms with van der Waals surface area (Å²) < 4.78 is 70.2. The molecule has 0 radical (unpaired) electrons. The van der Waals surface area contributed by atoms with Gasteiger partial charge in [0, 0.05) is 24.2 Å². The largest absolute Gasteiger partial charge is 0.452 e. The van der Waals surface area contributed by atoms with Crippen molar-refractivity contribution in [2.24, 2.45) is 0 Å². The van der Waals surface area contributed by atoms with Gasteiger partial charge in [-0.15, -0.1) is 0 Å². The number of sulfonamides is 1. The highest BCUT2D eigenvalue weighted by molar-refractivity contribution is 7.89. The van der Waals surface area contributed by atoms with Crippen molar-refractivity contribution in [2.45, 2.75) is 24.9 Å². The van der Waals surface area contributed by atoms with Gasteiger partial charge in [-0.05, 0) is 42.0 Å². The Morgan fingerprint density at radius 3 is 2.26 bits per heavy atom. The third-order valence-corrected chi connectivity index (χ3v) is 6.84. The summed E-state index contributed by atoms with van der Waals surface area (Å²) in [5.74, 6) is -1.89. The Balaban J connectivity index is 1.96. The number of amides is 1. The monoisotopic (exact) mass is 518 g/mol. The molecule has 0 saturated heterocycles. The van der Waals surface area contributed by atoms with E-state index in [1.165, 1.54) is 40.7 Å². The van der Waals surface area contributed by atoms with Gasteiger partial charge in [0.15, 0.2) is 6.61 Å². The second kappa shape index (κ2) is 11.5. The van der Waals surface area contributed by atoms with Gasteiger partial charge in [-0.25, -0.2) is 13.2 Å². The molecule has 0 fully saturated rings. The van der Waals surface area contributed by atoms with E-state index in [9.17, 15) is 31.2 Å². The highest BCUT2D eigenvalue weighted by Gasteiger charge is 2.34. The van der Waals surface area contributed by atoms with Crippen molar-refractivity contribution in [3.8, 4) is 0 Å². The van der Waals surface area contributed by atoms with Crippen LogP contribution in [0.1, 0.15) is 25.0 Å². The molecule has 2 aromatic carbocycles. The second-order valence-corrected chi connectivity index (χ2v) is 9.21. The van der Waals surface area contributed by atoms with E-state index < -0.39 is 45.9 Å². The zero-order valence-electron chi connectivity index (χ0n) is 18.2. The van der Waals surface area contributed by atoms with Crippen molar-refractivity contribution in [1.82, 2.24) is 4.31 Å². The van der Waals surface area contributed by atoms with Crippen LogP contribution in [0, 0.1) is 0 Å². The second-order valence-electron chi connectivity index (χ2n) is 6.84. The van der Waals surface area contributed by atoms with Gasteiger partial charge in [0.2, 0.25) is 10.0 Å². The van der Waals surface area contributed by atoms with Gasteiger partial charge >= 0.3 is 12.1 Å². The first kappa shape index (κ1) is 27.4. The van der Waals surface area contributed by atoms with Crippen LogP contribution in [0.5, 0.6) is 0 Å². The minimum absolute atomic E-state index is 0.105. The molecule has 0 heterocycles. The summed E-state index contributed by atoms with van der Waals surface area (Å²) in [4.78, 5) is 23.9. The summed E-state index contributed by atoms with van der Waals surface area (Å²) in [6.07, 6.45) is -2.40. The number of rotatable bonds is 9. The Bertz CT molecular complexity index is 1160. The van der Waals surface area contributed by atoms with Crippen molar-refractivity contribution >= 4 is 45.3 Å². The molecule has 0 aliphatic rings. The first-order valence-electron chi connectivity index (χ1n) is 10.00. The predicted molar refractivity (Wildman–Crippen MR) is 122 cm³/mol. The summed E-state index contributed by atoms with van der Waals surface area (Å²) in [6, 6.07) is 8.63. The number of esters is 1. The van der Waals surface area contributed by atoms with E-state index in [1.807, 2.05) is 5.32 Å². The first-order chi connectivity index (χ1) is 15.9. The molecule has 12 heteroatoms. The molecule has 2 rings (SSSR count). The van der Waals surface area contributed by atoms with Crippen LogP contribution in [-0.2, 0) is 30.5 Å². The molecule has 0 bridgehead atoms. The van der Waals surface area contributed by atoms with E-state index in [1.54, 1.807) is 13.8 Å². The van der Waals surface area contributed by atoms with Gasteiger partial charge < -0.3 is 10.1 Å². The molecule has 0 aromatic heterocycles. The summed E-state index contributed by atoms with van der Waals surface area (Å²) >= 11 is 5.58. The fourth-order valence-electron chi connectivity index (χ4n) is 2.86. The van der Waals surface area contributed by atoms with Gasteiger partial charge in [0.05, 0.1) is 16.1 Å². The Morgan fingerprint density at radius 2 is 1.71 bits per heavy atom. The smallest absolute Gasteiger partial charge is 0.418 e. The van der Waals surface area contributed by atoms with E-state index >= 15 is 0 Å². The quantitative estimate of drug-likeness (QED) is 0.387. The van der Waals surface area contributed by atoms with Gasteiger partial charge in [0.1, 0.15) is 0 Å². The standard InChI is InChI=1S/C22H22ClF3N2O5S/c1-3-28(4-2)34(31,32)17-9-5-15(6-10-17)7-12-21(30)33-14-20(29)27-19-11-8-16(23)13-18(19)22(24,25)26/h5-13H,3-4,14H2,1-2H3,(H,27,29)/b12-7+. The van der Waals surface area contributed by atoms with Crippen LogP contribution in [0.3, 0.4) is 0 Å². The summed E-state index contributed by atoms with van der Waals surface area (Å²) in [5, 5.41) is 1.88. The minimum atomic E-state index is -4.74. The molecule has 34 heavy (non-hydrogen) atoms. The van der Waals surface area contributed by atoms with Crippen LogP contribution in [0.15, 0.2) is 53.4 Å². The maximum atomic E-state index is 13.1. The van der Waals surface area contributed by atoms with E-state index in [4.69, 9.17) is 16.3 Å². The van der Waals surface area contributed by atoms with Crippen molar-refractivity contribution in [1.29, 1.82) is 0 Å². The van der Waals surface area contributed by atoms with Gasteiger partial charge in [-0.1, -0.05) is 37.6 Å². The first-order valence-corrected chi connectivity index (χ1v) is 11.8. The lowest BCUT2D eigenvalue weighted by atomic mass is 10.1. The number of carbonyl (C=O) groups is 2. The van der Waals surface area contributed by atoms with Crippen LogP contribution >= 0.6 is 11.6 Å². The van der Waals surface area contributed by atoms with Gasteiger partial charge in [0.25, 0.3) is 5.91 Å². The van der Waals surface area contributed by atoms with Crippen molar-refractivity contribution in [3.05, 3.63) is 64.7 Å². The highest BCUT2D eigenvalue weighted by atomic mass is 35.5. The Labute approximate surface area is 200 Å². The topological polar surface area (TPSA) is 92.8 Å². The summed E-state index contributed by atoms with van der Waals surface area (Å²) in [5.41, 5.74) is -1.16. The number of hydrogen-bond acceptors (Lipinski definition) is 5. The lowest BCUT2D eigenvalue weighted by Crippen LogP contribution is -2.30. The molecule has 0 aliphatic carbocycles. The van der Waals surface area contributed by atoms with Gasteiger partial charge in [-0.3, -0.25) is 4.79 Å². The number of hydrogen-bond donors (Lipinski definition) is 1. The number of benzene rings is 2. The molecular formula is C22H22ClF3N2O5S. The Morgan fingerprint density at radius 1 is 1.09 bits per heavy atom. The fraction of sp³-hybridized carbons (Fsp3) is 0.273. The molecule has 184 valence electrons. The van der Waals surface area contributed by atoms with E-state index in [0.717, 1.165) is 12.1 Å². The Hall–Kier alpha value is -2.89. The molecule has 1 N–H and O–H groups in total. The zero-order chi connectivity index (χ0) is 25.5. The SMILES string of the molecule is CCN(CC)S(=O)(=O)c1ccc(/C=C/C(=O)OCC(=O)Nc2ccc(Cl)cc2C(F)(F)F)cc1. The molecule has 0 spiro atoms. The molecule has 1 amide bonds. The number of nitrogens with one attached hydrogen (secondary N) is 1. The van der Waals surface area contributed by atoms with Gasteiger partial charge in [-0.2, -0.15) is 17.5 Å². The number of halogens is 4. The molecule has 7 nitrogen and oxygen atoms in total. The van der Waals surface area contributed by atoms with Crippen LogP contribution in [0.25, 0.3) is 6.08 Å². The molecule has 0 aliphatic heterocycles. The predicted octanol–water partition coefficient (Wildman–Crippen LogP) is 4.58. The van der Waals surface area contributed by atoms with Crippen molar-refractivity contribution in [3.63, 3.8) is 0 Å². The molecular weight excluding hydrogens is 497 g/mol. The van der Waals surface area contributed by atoms with E-state index in [2.05, 4.69) is 0 Å². The summed E-state index contributed by atoms with van der Waals surface area (Å²) in [7, 11) is -3.61. The van der Waals surface area contributed by atoms with Crippen LogP contribution in [-0.4, -0.2) is 44.3 Å². The third kappa shape index (κ3) is 7.31. The lowest BCUT2D eigenvalue weighted by molar-refractivity contribution is -0.142. The zero-order valence-corrected chi connectivity index (χ0v) is 19.8. The third-order valence-electron chi connectivity index (χ3n) is 4.54. The average Bonchev–Trinajstić information content (AvgIpc) is 2.77. The lowest BCUT2D eigenvalue weighted by Gasteiger charge is -2.18. The molecule has 2 aromatic rings. The maximum Gasteiger partial charge on any atom is 0.418 e. The van der Waals surface area contributed by atoms with Crippen molar-refractivity contribution < 1.29 is 35.9 Å². The average molecular weight is 519 g/mol. The summed E-state index contributed by atoms with van der Waals surface area (Å²) in [6.45, 7) is 3.30. The molecule has 0 saturated carbocycles. The van der Waals surface area contributed by atoms with Crippen LogP contribution in [0.4, 0.5) is 18.9 Å². The van der Waals surface area contributed by atoms with Crippen LogP contribution < -0.4 is 5.32 Å². The van der Waals surface area contributed by atoms with Crippen molar-refractivity contribution in [2.75, 3.05) is 25.0 Å². The molecule has 0 unspecified atom stereocenters. The fourth-order valence-corrected chi connectivity index (χ4v) is 4.49. The number of carbonyl (C=O) groups excluding carboxylic acids is 2. The van der Waals surface area contributed by atoms with Crippen LogP contribution in [0.2, 0.25) is 5.02 Å². The highest BCUT2D eigenvalue weighted by Crippen LogP contribution is 2.36. The number of alkyl halides is 3. The normalized spacial score (nSPS) is 12.2. The minimum Gasteiger partial charge on any atom is -0.452 e. The molecule has 0 atom stereocenters. The van der Waals surface area contributed by atoms with E-state index in [0.29, 0.717) is 24.7 Å². The number of ether oxygens (including phenoxy) is 1.